The van der Waals surface area contributed by atoms with E-state index in [1.807, 2.05) is 0 Å². The van der Waals surface area contributed by atoms with Gasteiger partial charge in [0.25, 0.3) is 5.69 Å². The number of nitro benzene ring substituents is 2. The number of nitrogens with one attached hydrogen (secondary N) is 1. The van der Waals surface area contributed by atoms with E-state index in [0.29, 0.717) is 12.8 Å². The van der Waals surface area contributed by atoms with Gasteiger partial charge in [0.1, 0.15) is 0 Å². The van der Waals surface area contributed by atoms with Crippen molar-refractivity contribution in [1.29, 1.82) is 0 Å². The normalized spacial score (nSPS) is 10.1. The number of halogens is 1. The van der Waals surface area contributed by atoms with Crippen LogP contribution in [-0.4, -0.2) is 16.4 Å². The van der Waals surface area contributed by atoms with Gasteiger partial charge in [-0.2, -0.15) is 4.39 Å². The molecule has 0 amide bonds. The van der Waals surface area contributed by atoms with Crippen LogP contribution in [0, 0.1) is 33.0 Å². The van der Waals surface area contributed by atoms with Gasteiger partial charge in [-0.1, -0.05) is 6.08 Å². The van der Waals surface area contributed by atoms with Crippen LogP contribution in [0.15, 0.2) is 18.7 Å². The number of hydrogen-bond donors (Lipinski definition) is 1. The highest BCUT2D eigenvalue weighted by Gasteiger charge is 2.31. The summed E-state index contributed by atoms with van der Waals surface area (Å²) in [5.74, 6) is -1.06. The molecule has 1 aromatic carbocycles. The van der Waals surface area contributed by atoms with Crippen LogP contribution in [-0.2, 0) is 0 Å². The Morgan fingerprint density at radius 1 is 1.40 bits per heavy atom. The van der Waals surface area contributed by atoms with Crippen molar-refractivity contribution in [2.75, 3.05) is 11.9 Å². The average molecular weight is 283 g/mol. The summed E-state index contributed by atoms with van der Waals surface area (Å²) in [5.41, 5.74) is -1.93. The first-order valence-electron chi connectivity index (χ1n) is 5.86. The van der Waals surface area contributed by atoms with E-state index in [0.717, 1.165) is 6.07 Å². The smallest absolute Gasteiger partial charge is 0.335 e. The third-order valence-electron chi connectivity index (χ3n) is 2.67. The molecule has 0 bridgehead atoms. The molecular weight excluding hydrogens is 269 g/mol. The second-order valence-electron chi connectivity index (χ2n) is 4.12. The van der Waals surface area contributed by atoms with Crippen molar-refractivity contribution < 1.29 is 14.2 Å². The van der Waals surface area contributed by atoms with Crippen LogP contribution in [0.25, 0.3) is 0 Å². The fourth-order valence-electron chi connectivity index (χ4n) is 1.71. The maximum Gasteiger partial charge on any atom is 0.335 e. The maximum atomic E-state index is 13.8. The van der Waals surface area contributed by atoms with E-state index in [2.05, 4.69) is 11.9 Å². The fraction of sp³-hybridized carbons (Fsp3) is 0.333. The van der Waals surface area contributed by atoms with E-state index < -0.39 is 32.7 Å². The number of benzene rings is 1. The SMILES string of the molecule is C=CCCCNc1c([N+](=O)[O-])cc(C)c(F)c1[N+](=O)[O-]. The molecule has 0 saturated heterocycles. The number of nitrogens with zero attached hydrogens (tertiary/aromatic N) is 2. The van der Waals surface area contributed by atoms with Gasteiger partial charge in [0.05, 0.1) is 9.85 Å². The van der Waals surface area contributed by atoms with Crippen molar-refractivity contribution in [3.8, 4) is 0 Å². The fourth-order valence-corrected chi connectivity index (χ4v) is 1.71. The maximum absolute atomic E-state index is 13.8. The molecule has 1 rings (SSSR count). The monoisotopic (exact) mass is 283 g/mol. The second kappa shape index (κ2) is 6.60. The first kappa shape index (κ1) is 15.5. The molecule has 0 unspecified atom stereocenters. The van der Waals surface area contributed by atoms with Crippen LogP contribution in [0.1, 0.15) is 18.4 Å². The predicted octanol–water partition coefficient (Wildman–Crippen LogP) is 3.33. The Morgan fingerprint density at radius 3 is 2.55 bits per heavy atom. The molecule has 20 heavy (non-hydrogen) atoms. The molecule has 0 heterocycles. The third kappa shape index (κ3) is 3.28. The summed E-state index contributed by atoms with van der Waals surface area (Å²) >= 11 is 0. The molecule has 0 atom stereocenters. The molecule has 0 saturated carbocycles. The molecule has 8 heteroatoms. The minimum absolute atomic E-state index is 0.139. The predicted molar refractivity (Wildman–Crippen MR) is 72.4 cm³/mol. The zero-order valence-electron chi connectivity index (χ0n) is 10.9. The standard InChI is InChI=1S/C12H14FN3O4/c1-3-4-5-6-14-11-9(15(17)18)7-8(2)10(13)12(11)16(19)20/h3,7,14H,1,4-6H2,2H3. The molecule has 1 aromatic rings. The van der Waals surface area contributed by atoms with E-state index in [9.17, 15) is 24.6 Å². The van der Waals surface area contributed by atoms with E-state index in [1.54, 1.807) is 6.08 Å². The summed E-state index contributed by atoms with van der Waals surface area (Å²) < 4.78 is 13.8. The number of hydrogen-bond acceptors (Lipinski definition) is 5. The molecule has 0 spiro atoms. The largest absolute Gasteiger partial charge is 0.374 e. The van der Waals surface area contributed by atoms with Gasteiger partial charge < -0.3 is 5.32 Å². The van der Waals surface area contributed by atoms with Crippen LogP contribution in [0.5, 0.6) is 0 Å². The number of aryl methyl sites for hydroxylation is 1. The molecule has 0 aromatic heterocycles. The van der Waals surface area contributed by atoms with Gasteiger partial charge in [0, 0.05) is 12.6 Å². The number of unbranched alkanes of at least 4 members (excludes halogenated alkanes) is 1. The number of rotatable bonds is 7. The average Bonchev–Trinajstić information content (AvgIpc) is 2.37. The van der Waals surface area contributed by atoms with E-state index in [-0.39, 0.29) is 12.1 Å². The minimum Gasteiger partial charge on any atom is -0.374 e. The zero-order chi connectivity index (χ0) is 15.3. The summed E-state index contributed by atoms with van der Waals surface area (Å²) in [5, 5.41) is 24.5. The van der Waals surface area contributed by atoms with Crippen molar-refractivity contribution in [2.24, 2.45) is 0 Å². The Kier molecular flexibility index (Phi) is 5.13. The quantitative estimate of drug-likeness (QED) is 0.358. The van der Waals surface area contributed by atoms with Crippen LogP contribution in [0.4, 0.5) is 21.5 Å². The number of nitro groups is 2. The molecule has 1 N–H and O–H groups in total. The van der Waals surface area contributed by atoms with Crippen LogP contribution in [0.3, 0.4) is 0 Å². The Bertz CT molecular complexity index is 560. The Morgan fingerprint density at radius 2 is 2.05 bits per heavy atom. The highest BCUT2D eigenvalue weighted by Crippen LogP contribution is 2.38. The third-order valence-corrected chi connectivity index (χ3v) is 2.67. The lowest BCUT2D eigenvalue weighted by atomic mass is 10.1. The topological polar surface area (TPSA) is 98.3 Å². The van der Waals surface area contributed by atoms with Gasteiger partial charge in [0.15, 0.2) is 5.69 Å². The van der Waals surface area contributed by atoms with Gasteiger partial charge in [-0.15, -0.1) is 6.58 Å². The minimum atomic E-state index is -1.06. The van der Waals surface area contributed by atoms with Gasteiger partial charge in [-0.3, -0.25) is 20.2 Å². The van der Waals surface area contributed by atoms with Gasteiger partial charge in [-0.05, 0) is 25.3 Å². The number of anilines is 1. The lowest BCUT2D eigenvalue weighted by Crippen LogP contribution is -2.09. The zero-order valence-corrected chi connectivity index (χ0v) is 10.9. The summed E-state index contributed by atoms with van der Waals surface area (Å²) in [4.78, 5) is 20.2. The summed E-state index contributed by atoms with van der Waals surface area (Å²) in [6, 6.07) is 0.984. The second-order valence-corrected chi connectivity index (χ2v) is 4.12. The first-order chi connectivity index (χ1) is 9.40. The first-order valence-corrected chi connectivity index (χ1v) is 5.86. The molecule has 0 radical (unpaired) electrons. The van der Waals surface area contributed by atoms with Crippen molar-refractivity contribution in [3.63, 3.8) is 0 Å². The van der Waals surface area contributed by atoms with Gasteiger partial charge in [-0.25, -0.2) is 0 Å². The number of allylic oxidation sites excluding steroid dienone is 1. The molecule has 0 aliphatic heterocycles. The van der Waals surface area contributed by atoms with Crippen LogP contribution >= 0.6 is 0 Å². The molecule has 108 valence electrons. The summed E-state index contributed by atoms with van der Waals surface area (Å²) in [6.07, 6.45) is 2.87. The van der Waals surface area contributed by atoms with Crippen molar-refractivity contribution in [1.82, 2.24) is 0 Å². The van der Waals surface area contributed by atoms with Crippen LogP contribution < -0.4 is 5.32 Å². The Labute approximate surface area is 114 Å². The summed E-state index contributed by atoms with van der Waals surface area (Å²) in [6.45, 7) is 5.01. The molecule has 0 aliphatic rings. The van der Waals surface area contributed by atoms with E-state index >= 15 is 0 Å². The molecular formula is C12H14FN3O4. The Hall–Kier alpha value is -2.51. The molecule has 0 aliphatic carbocycles. The highest BCUT2D eigenvalue weighted by molar-refractivity contribution is 5.75. The molecule has 7 nitrogen and oxygen atoms in total. The van der Waals surface area contributed by atoms with Crippen LogP contribution in [0.2, 0.25) is 0 Å². The van der Waals surface area contributed by atoms with Gasteiger partial charge in [0.2, 0.25) is 5.82 Å². The molecule has 0 fully saturated rings. The van der Waals surface area contributed by atoms with E-state index in [4.69, 9.17) is 0 Å². The Balaban J connectivity index is 3.28. The van der Waals surface area contributed by atoms with Crippen molar-refractivity contribution >= 4 is 17.1 Å². The van der Waals surface area contributed by atoms with Gasteiger partial charge >= 0.3 is 5.69 Å². The summed E-state index contributed by atoms with van der Waals surface area (Å²) in [7, 11) is 0. The van der Waals surface area contributed by atoms with Crippen molar-refractivity contribution in [2.45, 2.75) is 19.8 Å². The lowest BCUT2D eigenvalue weighted by Gasteiger charge is -2.09. The lowest BCUT2D eigenvalue weighted by molar-refractivity contribution is -0.394. The van der Waals surface area contributed by atoms with E-state index in [1.165, 1.54) is 6.92 Å². The highest BCUT2D eigenvalue weighted by atomic mass is 19.1. The van der Waals surface area contributed by atoms with Crippen molar-refractivity contribution in [3.05, 3.63) is 50.3 Å².